The van der Waals surface area contributed by atoms with Gasteiger partial charge in [0.05, 0.1) is 4.90 Å². The Morgan fingerprint density at radius 3 is 2.35 bits per heavy atom. The smallest absolute Gasteiger partial charge is 0.265 e. The summed E-state index contributed by atoms with van der Waals surface area (Å²) < 4.78 is 25.8. The summed E-state index contributed by atoms with van der Waals surface area (Å²) in [7, 11) is -3.96. The average molecular weight is 450 g/mol. The Bertz CT molecular complexity index is 875. The molecule has 4 rings (SSSR count). The zero-order valence-corrected chi connectivity index (χ0v) is 19.0. The van der Waals surface area contributed by atoms with Gasteiger partial charge in [0.15, 0.2) is 14.6 Å². The fourth-order valence-corrected chi connectivity index (χ4v) is 8.01. The van der Waals surface area contributed by atoms with Crippen LogP contribution in [0.3, 0.4) is 0 Å². The van der Waals surface area contributed by atoms with Crippen molar-refractivity contribution in [1.82, 2.24) is 10.8 Å². The van der Waals surface area contributed by atoms with Gasteiger partial charge >= 0.3 is 0 Å². The Morgan fingerprint density at radius 2 is 1.71 bits per heavy atom. The number of carbonyl (C=O) groups excluding carboxylic acids is 1. The van der Waals surface area contributed by atoms with Gasteiger partial charge in [-0.25, -0.2) is 13.9 Å². The van der Waals surface area contributed by atoms with Crippen LogP contribution in [0.4, 0.5) is 5.69 Å². The predicted molar refractivity (Wildman–Crippen MR) is 120 cm³/mol. The molecule has 3 fully saturated rings. The van der Waals surface area contributed by atoms with Crippen LogP contribution in [0, 0.1) is 11.3 Å². The number of piperidine rings is 1. The van der Waals surface area contributed by atoms with Crippen molar-refractivity contribution >= 4 is 21.4 Å². The number of hydrogen-bond donors (Lipinski definition) is 4. The van der Waals surface area contributed by atoms with E-state index < -0.39 is 20.5 Å². The molecule has 1 heterocycles. The second-order valence-electron chi connectivity index (χ2n) is 9.77. The molecule has 1 atom stereocenters. The van der Waals surface area contributed by atoms with Gasteiger partial charge in [0.2, 0.25) is 0 Å². The minimum Gasteiger partial charge on any atom is -0.385 e. The Labute approximate surface area is 185 Å². The van der Waals surface area contributed by atoms with Crippen LogP contribution >= 0.6 is 0 Å². The Kier molecular flexibility index (Phi) is 6.60. The molecule has 172 valence electrons. The first kappa shape index (κ1) is 22.6. The van der Waals surface area contributed by atoms with Crippen molar-refractivity contribution in [2.75, 3.05) is 25.0 Å². The predicted octanol–water partition coefficient (Wildman–Crippen LogP) is 3.25. The number of carbonyl (C=O) groups is 1. The second-order valence-corrected chi connectivity index (χ2v) is 12.0. The van der Waals surface area contributed by atoms with Crippen LogP contribution < -0.4 is 16.1 Å². The van der Waals surface area contributed by atoms with E-state index in [2.05, 4.69) is 10.6 Å². The number of anilines is 1. The second kappa shape index (κ2) is 9.08. The van der Waals surface area contributed by atoms with Crippen molar-refractivity contribution in [3.63, 3.8) is 0 Å². The maximum absolute atomic E-state index is 13.7. The van der Waals surface area contributed by atoms with Crippen molar-refractivity contribution in [2.45, 2.75) is 73.9 Å². The molecule has 0 aromatic heterocycles. The summed E-state index contributed by atoms with van der Waals surface area (Å²) in [4.78, 5) is 12.9. The molecule has 1 aromatic carbocycles. The molecule has 3 aliphatic rings. The van der Waals surface area contributed by atoms with E-state index in [1.807, 2.05) is 0 Å². The SMILES string of the molecule is O=C(NO)C1(S(=O)(=O)c2ccc(NCC3CCCCC3)cc2)CCC2(CCNCC2)C1. The third kappa shape index (κ3) is 4.34. The largest absolute Gasteiger partial charge is 0.385 e. The van der Waals surface area contributed by atoms with E-state index in [0.29, 0.717) is 12.3 Å². The lowest BCUT2D eigenvalue weighted by atomic mass is 9.77. The first-order chi connectivity index (χ1) is 14.9. The molecule has 1 spiro atoms. The van der Waals surface area contributed by atoms with E-state index in [1.165, 1.54) is 32.1 Å². The summed E-state index contributed by atoms with van der Waals surface area (Å²) >= 11 is 0. The Morgan fingerprint density at radius 1 is 1.03 bits per heavy atom. The van der Waals surface area contributed by atoms with Gasteiger partial charge in [-0.05, 0) is 93.6 Å². The van der Waals surface area contributed by atoms with Crippen molar-refractivity contribution in [1.29, 1.82) is 0 Å². The number of hydroxylamine groups is 1. The summed E-state index contributed by atoms with van der Waals surface area (Å²) in [6.45, 7) is 2.57. The molecule has 8 heteroatoms. The van der Waals surface area contributed by atoms with Gasteiger partial charge in [0.1, 0.15) is 0 Å². The highest BCUT2D eigenvalue weighted by Gasteiger charge is 2.60. The highest BCUT2D eigenvalue weighted by molar-refractivity contribution is 7.93. The van der Waals surface area contributed by atoms with Crippen LogP contribution in [0.5, 0.6) is 0 Å². The number of sulfone groups is 1. The molecule has 1 aromatic rings. The minimum atomic E-state index is -3.96. The molecule has 1 unspecified atom stereocenters. The van der Waals surface area contributed by atoms with Gasteiger partial charge in [-0.1, -0.05) is 19.3 Å². The topological polar surface area (TPSA) is 108 Å². The molecule has 31 heavy (non-hydrogen) atoms. The molecule has 1 saturated heterocycles. The van der Waals surface area contributed by atoms with Crippen LogP contribution in [-0.2, 0) is 14.6 Å². The minimum absolute atomic E-state index is 0.144. The lowest BCUT2D eigenvalue weighted by Crippen LogP contribution is -2.51. The van der Waals surface area contributed by atoms with E-state index in [4.69, 9.17) is 0 Å². The summed E-state index contributed by atoms with van der Waals surface area (Å²) in [5.74, 6) is -0.129. The summed E-state index contributed by atoms with van der Waals surface area (Å²) in [5, 5.41) is 16.2. The number of rotatable bonds is 6. The molecule has 2 aliphatic carbocycles. The van der Waals surface area contributed by atoms with Crippen molar-refractivity contribution in [3.05, 3.63) is 24.3 Å². The lowest BCUT2D eigenvalue weighted by molar-refractivity contribution is -0.132. The normalized spacial score (nSPS) is 26.6. The van der Waals surface area contributed by atoms with E-state index in [-0.39, 0.29) is 23.2 Å². The maximum atomic E-state index is 13.7. The van der Waals surface area contributed by atoms with Gasteiger partial charge in [0.25, 0.3) is 5.91 Å². The number of hydrogen-bond acceptors (Lipinski definition) is 6. The third-order valence-corrected chi connectivity index (χ3v) is 10.4. The molecule has 4 N–H and O–H groups in total. The number of amides is 1. The molecule has 1 amide bonds. The quantitative estimate of drug-likeness (QED) is 0.392. The fraction of sp³-hybridized carbons (Fsp3) is 0.696. The van der Waals surface area contributed by atoms with Gasteiger partial charge in [-0.3, -0.25) is 10.0 Å². The Balaban J connectivity index is 1.52. The number of benzene rings is 1. The van der Waals surface area contributed by atoms with Gasteiger partial charge in [-0.15, -0.1) is 0 Å². The van der Waals surface area contributed by atoms with Gasteiger partial charge < -0.3 is 10.6 Å². The van der Waals surface area contributed by atoms with Crippen molar-refractivity contribution in [3.8, 4) is 0 Å². The summed E-state index contributed by atoms with van der Waals surface area (Å²) in [6, 6.07) is 6.77. The zero-order chi connectivity index (χ0) is 22.0. The van der Waals surface area contributed by atoms with Crippen LogP contribution in [0.1, 0.15) is 64.2 Å². The average Bonchev–Trinajstić information content (AvgIpc) is 3.19. The highest BCUT2D eigenvalue weighted by Crippen LogP contribution is 2.54. The molecule has 2 saturated carbocycles. The van der Waals surface area contributed by atoms with E-state index in [9.17, 15) is 18.4 Å². The standard InChI is InChI=1S/C23H35N3O4S/c27-21(26-28)23(11-10-22(17-23)12-14-24-15-13-22)31(29,30)20-8-6-19(7-9-20)25-16-18-4-2-1-3-5-18/h6-9,18,24-25,28H,1-5,10-17H2,(H,26,27). The van der Waals surface area contributed by atoms with Crippen LogP contribution in [0.2, 0.25) is 0 Å². The fourth-order valence-electron chi connectivity index (χ4n) is 5.91. The van der Waals surface area contributed by atoms with Crippen LogP contribution in [0.15, 0.2) is 29.2 Å². The van der Waals surface area contributed by atoms with Gasteiger partial charge in [0, 0.05) is 12.2 Å². The van der Waals surface area contributed by atoms with Crippen molar-refractivity contribution < 1.29 is 18.4 Å². The first-order valence-corrected chi connectivity index (χ1v) is 13.1. The molecule has 0 bridgehead atoms. The molecular weight excluding hydrogens is 414 g/mol. The molecule has 0 radical (unpaired) electrons. The highest BCUT2D eigenvalue weighted by atomic mass is 32.2. The summed E-state index contributed by atoms with van der Waals surface area (Å²) in [5.41, 5.74) is 2.40. The Hall–Kier alpha value is -1.64. The first-order valence-electron chi connectivity index (χ1n) is 11.6. The van der Waals surface area contributed by atoms with E-state index in [1.54, 1.807) is 29.7 Å². The molecular formula is C23H35N3O4S. The van der Waals surface area contributed by atoms with E-state index in [0.717, 1.165) is 38.2 Å². The maximum Gasteiger partial charge on any atom is 0.265 e. The monoisotopic (exact) mass is 449 g/mol. The van der Waals surface area contributed by atoms with Crippen LogP contribution in [-0.4, -0.2) is 43.9 Å². The zero-order valence-electron chi connectivity index (χ0n) is 18.2. The number of nitrogens with one attached hydrogen (secondary N) is 3. The third-order valence-electron chi connectivity index (χ3n) is 7.90. The van der Waals surface area contributed by atoms with Gasteiger partial charge in [-0.2, -0.15) is 0 Å². The molecule has 1 aliphatic heterocycles. The van der Waals surface area contributed by atoms with E-state index >= 15 is 0 Å². The summed E-state index contributed by atoms with van der Waals surface area (Å²) in [6.07, 6.45) is 9.28. The molecule has 7 nitrogen and oxygen atoms in total. The van der Waals surface area contributed by atoms with Crippen LogP contribution in [0.25, 0.3) is 0 Å². The lowest BCUT2D eigenvalue weighted by Gasteiger charge is -2.36. The van der Waals surface area contributed by atoms with Crippen molar-refractivity contribution in [2.24, 2.45) is 11.3 Å².